The van der Waals surface area contributed by atoms with Gasteiger partial charge in [0.25, 0.3) is 0 Å². The van der Waals surface area contributed by atoms with E-state index in [0.717, 1.165) is 32.6 Å². The molecular weight excluding hydrogens is 304 g/mol. The Morgan fingerprint density at radius 1 is 0.833 bits per heavy atom. The Balaban J connectivity index is 2.25. The lowest BCUT2D eigenvalue weighted by Crippen LogP contribution is -1.97. The van der Waals surface area contributed by atoms with Crippen molar-refractivity contribution in [3.8, 4) is 11.5 Å². The third kappa shape index (κ3) is 1.96. The second kappa shape index (κ2) is 5.13. The number of aromatic nitrogens is 2. The van der Waals surface area contributed by atoms with Crippen LogP contribution in [0.4, 0.5) is 11.5 Å². The number of nitrogen functional groups attached to an aromatic ring is 2. The van der Waals surface area contributed by atoms with Crippen LogP contribution in [0.15, 0.2) is 36.5 Å². The predicted molar refractivity (Wildman–Crippen MR) is 96.5 cm³/mol. The molecule has 4 rings (SSSR count). The Morgan fingerprint density at radius 3 is 2.33 bits per heavy atom. The second-order valence-electron chi connectivity index (χ2n) is 5.54. The van der Waals surface area contributed by atoms with Crippen molar-refractivity contribution in [3.63, 3.8) is 0 Å². The summed E-state index contributed by atoms with van der Waals surface area (Å²) in [5.74, 6) is 1.69. The Labute approximate surface area is 138 Å². The lowest BCUT2D eigenvalue weighted by molar-refractivity contribution is 0.356. The molecule has 0 aliphatic carbocycles. The molecule has 0 saturated carbocycles. The first-order valence-corrected chi connectivity index (χ1v) is 7.41. The molecule has 0 fully saturated rings. The van der Waals surface area contributed by atoms with Crippen molar-refractivity contribution in [2.24, 2.45) is 0 Å². The molecule has 2 aromatic heterocycles. The van der Waals surface area contributed by atoms with E-state index in [0.29, 0.717) is 23.0 Å². The average molecular weight is 320 g/mol. The van der Waals surface area contributed by atoms with E-state index in [2.05, 4.69) is 9.97 Å². The summed E-state index contributed by atoms with van der Waals surface area (Å²) in [6.45, 7) is 0. The van der Waals surface area contributed by atoms with Crippen LogP contribution in [-0.2, 0) is 0 Å². The maximum absolute atomic E-state index is 6.14. The molecule has 24 heavy (non-hydrogen) atoms. The van der Waals surface area contributed by atoms with Gasteiger partial charge in [-0.2, -0.15) is 0 Å². The monoisotopic (exact) mass is 320 g/mol. The molecule has 0 radical (unpaired) electrons. The van der Waals surface area contributed by atoms with E-state index in [1.807, 2.05) is 30.3 Å². The first-order chi connectivity index (χ1) is 11.6. The Morgan fingerprint density at radius 2 is 1.58 bits per heavy atom. The van der Waals surface area contributed by atoms with Crippen LogP contribution in [0.25, 0.3) is 32.6 Å². The lowest BCUT2D eigenvalue weighted by atomic mass is 10.0. The van der Waals surface area contributed by atoms with Gasteiger partial charge < -0.3 is 20.9 Å². The van der Waals surface area contributed by atoms with Gasteiger partial charge in [-0.1, -0.05) is 6.07 Å². The molecule has 0 bridgehead atoms. The molecule has 2 aromatic carbocycles. The summed E-state index contributed by atoms with van der Waals surface area (Å²) >= 11 is 0. The SMILES string of the molecule is COc1cc2ncc3c(N)nc4cc(N)ccc4c3c2cc1OC. The van der Waals surface area contributed by atoms with Crippen LogP contribution in [0.5, 0.6) is 11.5 Å². The average Bonchev–Trinajstić information content (AvgIpc) is 2.59. The van der Waals surface area contributed by atoms with Gasteiger partial charge in [-0.05, 0) is 18.2 Å². The lowest BCUT2D eigenvalue weighted by Gasteiger charge is -2.13. The first-order valence-electron chi connectivity index (χ1n) is 7.41. The molecule has 4 N–H and O–H groups in total. The number of anilines is 2. The molecular formula is C18H16N4O2. The van der Waals surface area contributed by atoms with Crippen molar-refractivity contribution < 1.29 is 9.47 Å². The molecule has 6 nitrogen and oxygen atoms in total. The number of fused-ring (bicyclic) bond motifs is 5. The van der Waals surface area contributed by atoms with Gasteiger partial charge in [0.1, 0.15) is 5.82 Å². The van der Waals surface area contributed by atoms with Crippen molar-refractivity contribution in [1.82, 2.24) is 9.97 Å². The van der Waals surface area contributed by atoms with Crippen LogP contribution in [0.2, 0.25) is 0 Å². The minimum Gasteiger partial charge on any atom is -0.493 e. The number of hydrogen-bond acceptors (Lipinski definition) is 6. The quantitative estimate of drug-likeness (QED) is 0.435. The molecule has 4 aromatic rings. The zero-order valence-corrected chi connectivity index (χ0v) is 13.3. The fourth-order valence-electron chi connectivity index (χ4n) is 3.05. The van der Waals surface area contributed by atoms with Crippen molar-refractivity contribution in [2.45, 2.75) is 0 Å². The van der Waals surface area contributed by atoms with Gasteiger partial charge in [-0.3, -0.25) is 4.98 Å². The van der Waals surface area contributed by atoms with Gasteiger partial charge in [0.2, 0.25) is 0 Å². The van der Waals surface area contributed by atoms with Crippen molar-refractivity contribution in [3.05, 3.63) is 36.5 Å². The van der Waals surface area contributed by atoms with Gasteiger partial charge in [0, 0.05) is 39.5 Å². The molecule has 6 heteroatoms. The zero-order valence-electron chi connectivity index (χ0n) is 13.3. The van der Waals surface area contributed by atoms with Gasteiger partial charge in [0.15, 0.2) is 11.5 Å². The van der Waals surface area contributed by atoms with E-state index in [1.54, 1.807) is 20.4 Å². The molecule has 0 aliphatic rings. The second-order valence-corrected chi connectivity index (χ2v) is 5.54. The van der Waals surface area contributed by atoms with Crippen LogP contribution < -0.4 is 20.9 Å². The summed E-state index contributed by atoms with van der Waals surface area (Å²) in [5, 5.41) is 3.66. The summed E-state index contributed by atoms with van der Waals surface area (Å²) in [6.07, 6.45) is 1.74. The van der Waals surface area contributed by atoms with E-state index in [9.17, 15) is 0 Å². The van der Waals surface area contributed by atoms with E-state index >= 15 is 0 Å². The zero-order chi connectivity index (χ0) is 16.8. The maximum atomic E-state index is 6.14. The van der Waals surface area contributed by atoms with Crippen LogP contribution in [0, 0.1) is 0 Å². The van der Waals surface area contributed by atoms with Crippen molar-refractivity contribution >= 4 is 44.1 Å². The first kappa shape index (κ1) is 14.3. The van der Waals surface area contributed by atoms with Gasteiger partial charge in [0.05, 0.1) is 25.3 Å². The van der Waals surface area contributed by atoms with Crippen LogP contribution in [-0.4, -0.2) is 24.2 Å². The number of benzene rings is 2. The van der Waals surface area contributed by atoms with Crippen LogP contribution in [0.1, 0.15) is 0 Å². The Kier molecular flexibility index (Phi) is 3.06. The highest BCUT2D eigenvalue weighted by atomic mass is 16.5. The fraction of sp³-hybridized carbons (Fsp3) is 0.111. The molecule has 0 atom stereocenters. The highest BCUT2D eigenvalue weighted by Gasteiger charge is 2.14. The Bertz CT molecular complexity index is 1110. The number of ether oxygens (including phenoxy) is 2. The molecule has 0 unspecified atom stereocenters. The highest BCUT2D eigenvalue weighted by molar-refractivity contribution is 6.21. The molecule has 2 heterocycles. The van der Waals surface area contributed by atoms with E-state index in [4.69, 9.17) is 20.9 Å². The van der Waals surface area contributed by atoms with Crippen LogP contribution in [0.3, 0.4) is 0 Å². The molecule has 0 saturated heterocycles. The molecule has 0 spiro atoms. The third-order valence-corrected chi connectivity index (χ3v) is 4.18. The number of nitrogens with zero attached hydrogens (tertiary/aromatic N) is 2. The number of hydrogen-bond donors (Lipinski definition) is 2. The number of methoxy groups -OCH3 is 2. The molecule has 0 amide bonds. The number of rotatable bonds is 2. The summed E-state index contributed by atoms with van der Waals surface area (Å²) < 4.78 is 10.8. The fourth-order valence-corrected chi connectivity index (χ4v) is 3.05. The largest absolute Gasteiger partial charge is 0.493 e. The summed E-state index contributed by atoms with van der Waals surface area (Å²) in [4.78, 5) is 8.95. The number of pyridine rings is 2. The van der Waals surface area contributed by atoms with Crippen molar-refractivity contribution in [2.75, 3.05) is 25.7 Å². The topological polar surface area (TPSA) is 96.3 Å². The molecule has 0 aliphatic heterocycles. The van der Waals surface area contributed by atoms with Gasteiger partial charge in [-0.25, -0.2) is 4.98 Å². The Hall–Kier alpha value is -3.28. The highest BCUT2D eigenvalue weighted by Crippen LogP contribution is 2.38. The van der Waals surface area contributed by atoms with Gasteiger partial charge >= 0.3 is 0 Å². The minimum atomic E-state index is 0.423. The van der Waals surface area contributed by atoms with E-state index < -0.39 is 0 Å². The smallest absolute Gasteiger partial charge is 0.162 e. The normalized spacial score (nSPS) is 11.2. The third-order valence-electron chi connectivity index (χ3n) is 4.18. The van der Waals surface area contributed by atoms with E-state index in [1.165, 1.54) is 0 Å². The number of nitrogens with two attached hydrogens (primary N) is 2. The predicted octanol–water partition coefficient (Wildman–Crippen LogP) is 3.12. The summed E-state index contributed by atoms with van der Waals surface area (Å²) in [7, 11) is 3.21. The van der Waals surface area contributed by atoms with Crippen molar-refractivity contribution in [1.29, 1.82) is 0 Å². The van der Waals surface area contributed by atoms with Gasteiger partial charge in [-0.15, -0.1) is 0 Å². The minimum absolute atomic E-state index is 0.423. The molecule has 120 valence electrons. The maximum Gasteiger partial charge on any atom is 0.162 e. The summed E-state index contributed by atoms with van der Waals surface area (Å²) in [5.41, 5.74) is 14.2. The standard InChI is InChI=1S/C18H16N4O2/c1-23-15-6-11-13(7-16(15)24-2)21-8-12-17(11)10-4-3-9(19)5-14(10)22-18(12)20/h3-8H,19H2,1-2H3,(H2,20,22). The summed E-state index contributed by atoms with van der Waals surface area (Å²) in [6, 6.07) is 9.40. The van der Waals surface area contributed by atoms with Crippen LogP contribution >= 0.6 is 0 Å². The van der Waals surface area contributed by atoms with E-state index in [-0.39, 0.29) is 0 Å².